The van der Waals surface area contributed by atoms with Crippen LogP contribution in [0.15, 0.2) is 35.2 Å². The molecule has 0 fully saturated rings. The second-order valence-electron chi connectivity index (χ2n) is 3.05. The molecule has 0 aliphatic rings. The standard InChI is InChI=1S/C11H8ClNO3/c1-15-11(14)8-3-2-7(4-9(8)12)10-5-13-6-16-10/h2-6H,1H3. The van der Waals surface area contributed by atoms with E-state index in [1.807, 2.05) is 0 Å². The number of ether oxygens (including phenoxy) is 1. The van der Waals surface area contributed by atoms with Crippen LogP contribution in [0, 0.1) is 0 Å². The highest BCUT2D eigenvalue weighted by Crippen LogP contribution is 2.25. The SMILES string of the molecule is COC(=O)c1ccc(-c2cnco2)cc1Cl. The third-order valence-corrected chi connectivity index (χ3v) is 2.40. The van der Waals surface area contributed by atoms with Crippen molar-refractivity contribution < 1.29 is 13.9 Å². The van der Waals surface area contributed by atoms with Crippen LogP contribution in [0.2, 0.25) is 5.02 Å². The fraction of sp³-hybridized carbons (Fsp3) is 0.0909. The third-order valence-electron chi connectivity index (χ3n) is 2.09. The summed E-state index contributed by atoms with van der Waals surface area (Å²) in [6.45, 7) is 0. The van der Waals surface area contributed by atoms with Crippen molar-refractivity contribution >= 4 is 17.6 Å². The minimum Gasteiger partial charge on any atom is -0.465 e. The number of aromatic nitrogens is 1. The van der Waals surface area contributed by atoms with Crippen molar-refractivity contribution in [1.82, 2.24) is 4.98 Å². The second kappa shape index (κ2) is 4.37. The summed E-state index contributed by atoms with van der Waals surface area (Å²) in [6.07, 6.45) is 2.90. The first kappa shape index (κ1) is 10.7. The third kappa shape index (κ3) is 1.92. The first-order valence-corrected chi connectivity index (χ1v) is 4.87. The van der Waals surface area contributed by atoms with Crippen LogP contribution < -0.4 is 0 Å². The van der Waals surface area contributed by atoms with E-state index in [2.05, 4.69) is 9.72 Å². The zero-order valence-corrected chi connectivity index (χ0v) is 9.19. The first-order valence-electron chi connectivity index (χ1n) is 4.49. The lowest BCUT2D eigenvalue weighted by atomic mass is 10.1. The van der Waals surface area contributed by atoms with Gasteiger partial charge in [0.2, 0.25) is 0 Å². The summed E-state index contributed by atoms with van der Waals surface area (Å²) >= 11 is 5.96. The molecule has 5 heteroatoms. The molecule has 0 saturated carbocycles. The molecule has 1 heterocycles. The topological polar surface area (TPSA) is 52.3 Å². The molecule has 0 N–H and O–H groups in total. The quantitative estimate of drug-likeness (QED) is 0.754. The summed E-state index contributed by atoms with van der Waals surface area (Å²) in [5.74, 6) is 0.132. The van der Waals surface area contributed by atoms with Gasteiger partial charge in [0.15, 0.2) is 12.2 Å². The number of methoxy groups -OCH3 is 1. The van der Waals surface area contributed by atoms with Gasteiger partial charge in [-0.25, -0.2) is 9.78 Å². The molecule has 2 aromatic rings. The van der Waals surface area contributed by atoms with Crippen molar-refractivity contribution in [3.63, 3.8) is 0 Å². The van der Waals surface area contributed by atoms with Crippen LogP contribution in [0.25, 0.3) is 11.3 Å². The van der Waals surface area contributed by atoms with E-state index in [0.29, 0.717) is 16.3 Å². The average Bonchev–Trinajstić information content (AvgIpc) is 2.81. The predicted octanol–water partition coefficient (Wildman–Crippen LogP) is 2.78. The van der Waals surface area contributed by atoms with Crippen molar-refractivity contribution in [2.75, 3.05) is 7.11 Å². The summed E-state index contributed by atoms with van der Waals surface area (Å²) in [5.41, 5.74) is 1.09. The summed E-state index contributed by atoms with van der Waals surface area (Å²) in [5, 5.41) is 0.320. The number of carbonyl (C=O) groups excluding carboxylic acids is 1. The maximum atomic E-state index is 11.3. The average molecular weight is 238 g/mol. The highest BCUT2D eigenvalue weighted by Gasteiger charge is 2.12. The first-order chi connectivity index (χ1) is 7.72. The molecule has 0 atom stereocenters. The van der Waals surface area contributed by atoms with E-state index in [1.54, 1.807) is 24.4 Å². The van der Waals surface area contributed by atoms with Gasteiger partial charge in [-0.3, -0.25) is 0 Å². The molecule has 4 nitrogen and oxygen atoms in total. The molecular weight excluding hydrogens is 230 g/mol. The number of rotatable bonds is 2. The van der Waals surface area contributed by atoms with E-state index < -0.39 is 5.97 Å². The lowest BCUT2D eigenvalue weighted by Gasteiger charge is -2.03. The molecule has 0 aliphatic carbocycles. The molecule has 0 amide bonds. The van der Waals surface area contributed by atoms with Crippen LogP contribution in [0.4, 0.5) is 0 Å². The maximum Gasteiger partial charge on any atom is 0.339 e. The molecule has 1 aromatic carbocycles. The van der Waals surface area contributed by atoms with Crippen molar-refractivity contribution in [1.29, 1.82) is 0 Å². The lowest BCUT2D eigenvalue weighted by molar-refractivity contribution is 0.0601. The molecule has 0 aliphatic heterocycles. The van der Waals surface area contributed by atoms with E-state index in [9.17, 15) is 4.79 Å². The molecule has 16 heavy (non-hydrogen) atoms. The van der Waals surface area contributed by atoms with E-state index in [1.165, 1.54) is 13.5 Å². The monoisotopic (exact) mass is 237 g/mol. The Labute approximate surface area is 96.8 Å². The molecule has 2 rings (SSSR count). The number of esters is 1. The van der Waals surface area contributed by atoms with Gasteiger partial charge >= 0.3 is 5.97 Å². The van der Waals surface area contributed by atoms with Crippen molar-refractivity contribution in [2.24, 2.45) is 0 Å². The molecule has 82 valence electrons. The molecule has 1 aromatic heterocycles. The number of carbonyl (C=O) groups is 1. The van der Waals surface area contributed by atoms with Crippen LogP contribution in [0.5, 0.6) is 0 Å². The largest absolute Gasteiger partial charge is 0.465 e. The Bertz CT molecular complexity index is 508. The minimum atomic E-state index is -0.464. The van der Waals surface area contributed by atoms with Crippen molar-refractivity contribution in [3.05, 3.63) is 41.4 Å². The minimum absolute atomic E-state index is 0.320. The van der Waals surface area contributed by atoms with Crippen molar-refractivity contribution in [3.8, 4) is 11.3 Å². The van der Waals surface area contributed by atoms with Crippen LogP contribution in [-0.2, 0) is 4.74 Å². The summed E-state index contributed by atoms with van der Waals surface area (Å²) in [4.78, 5) is 15.1. The summed E-state index contributed by atoms with van der Waals surface area (Å²) in [6, 6.07) is 4.94. The number of halogens is 1. The highest BCUT2D eigenvalue weighted by atomic mass is 35.5. The summed E-state index contributed by atoms with van der Waals surface area (Å²) < 4.78 is 9.70. The van der Waals surface area contributed by atoms with Crippen LogP contribution in [0.1, 0.15) is 10.4 Å². The normalized spacial score (nSPS) is 10.1. The smallest absolute Gasteiger partial charge is 0.339 e. The zero-order valence-electron chi connectivity index (χ0n) is 8.44. The molecule has 0 bridgehead atoms. The van der Waals surface area contributed by atoms with Crippen LogP contribution in [-0.4, -0.2) is 18.1 Å². The molecule has 0 unspecified atom stereocenters. The van der Waals surface area contributed by atoms with E-state index in [4.69, 9.17) is 16.0 Å². The summed E-state index contributed by atoms with van der Waals surface area (Å²) in [7, 11) is 1.31. The van der Waals surface area contributed by atoms with Gasteiger partial charge in [0.1, 0.15) is 0 Å². The molecule has 0 saturated heterocycles. The Balaban J connectivity index is 2.41. The van der Waals surface area contributed by atoms with Gasteiger partial charge in [-0.15, -0.1) is 0 Å². The van der Waals surface area contributed by atoms with Gasteiger partial charge in [-0.05, 0) is 12.1 Å². The van der Waals surface area contributed by atoms with E-state index >= 15 is 0 Å². The number of nitrogens with zero attached hydrogens (tertiary/aromatic N) is 1. The Kier molecular flexibility index (Phi) is 2.92. The maximum absolute atomic E-state index is 11.3. The number of hydrogen-bond acceptors (Lipinski definition) is 4. The van der Waals surface area contributed by atoms with Gasteiger partial charge in [0, 0.05) is 5.56 Å². The van der Waals surface area contributed by atoms with Gasteiger partial charge in [-0.1, -0.05) is 17.7 Å². The Morgan fingerprint density at radius 3 is 2.88 bits per heavy atom. The number of hydrogen-bond donors (Lipinski definition) is 0. The van der Waals surface area contributed by atoms with Crippen LogP contribution in [0.3, 0.4) is 0 Å². The lowest BCUT2D eigenvalue weighted by Crippen LogP contribution is -2.01. The second-order valence-corrected chi connectivity index (χ2v) is 3.46. The van der Waals surface area contributed by atoms with Crippen LogP contribution >= 0.6 is 11.6 Å². The van der Waals surface area contributed by atoms with Gasteiger partial charge in [0.25, 0.3) is 0 Å². The number of oxazole rings is 1. The van der Waals surface area contributed by atoms with Gasteiger partial charge < -0.3 is 9.15 Å². The molecular formula is C11H8ClNO3. The zero-order chi connectivity index (χ0) is 11.5. The predicted molar refractivity (Wildman–Crippen MR) is 58.3 cm³/mol. The fourth-order valence-electron chi connectivity index (χ4n) is 1.30. The molecule has 0 radical (unpaired) electrons. The van der Waals surface area contributed by atoms with Gasteiger partial charge in [-0.2, -0.15) is 0 Å². The number of benzene rings is 1. The highest BCUT2D eigenvalue weighted by molar-refractivity contribution is 6.33. The fourth-order valence-corrected chi connectivity index (χ4v) is 1.56. The van der Waals surface area contributed by atoms with Crippen molar-refractivity contribution in [2.45, 2.75) is 0 Å². The Morgan fingerprint density at radius 2 is 2.31 bits per heavy atom. The van der Waals surface area contributed by atoms with Gasteiger partial charge in [0.05, 0.1) is 23.9 Å². The Morgan fingerprint density at radius 1 is 1.50 bits per heavy atom. The molecule has 0 spiro atoms. The Hall–Kier alpha value is -1.81. The van der Waals surface area contributed by atoms with E-state index in [0.717, 1.165) is 5.56 Å². The van der Waals surface area contributed by atoms with E-state index in [-0.39, 0.29) is 0 Å².